The van der Waals surface area contributed by atoms with Gasteiger partial charge in [0.15, 0.2) is 0 Å². The Morgan fingerprint density at radius 3 is 2.43 bits per heavy atom. The summed E-state index contributed by atoms with van der Waals surface area (Å²) >= 11 is 0. The van der Waals surface area contributed by atoms with Crippen LogP contribution < -0.4 is 5.46 Å². The van der Waals surface area contributed by atoms with Crippen molar-refractivity contribution in [3.05, 3.63) is 12.4 Å². The first-order valence-corrected chi connectivity index (χ1v) is 7.19. The van der Waals surface area contributed by atoms with Gasteiger partial charge in [-0.3, -0.25) is 4.68 Å². The molecular formula is C14H23BN2O4. The van der Waals surface area contributed by atoms with Crippen LogP contribution in [0.2, 0.25) is 0 Å². The van der Waals surface area contributed by atoms with E-state index in [4.69, 9.17) is 14.0 Å². The van der Waals surface area contributed by atoms with Crippen molar-refractivity contribution in [1.29, 1.82) is 0 Å². The van der Waals surface area contributed by atoms with Crippen molar-refractivity contribution in [3.63, 3.8) is 0 Å². The molecule has 6 nitrogen and oxygen atoms in total. The Bertz CT molecular complexity index is 511. The van der Waals surface area contributed by atoms with Crippen molar-refractivity contribution in [1.82, 2.24) is 9.78 Å². The summed E-state index contributed by atoms with van der Waals surface area (Å²) in [5, 5.41) is 4.25. The van der Waals surface area contributed by atoms with Crippen LogP contribution in [0.1, 0.15) is 47.1 Å². The monoisotopic (exact) mass is 294 g/mol. The molecule has 0 saturated carbocycles. The number of carbonyl (C=O) groups is 1. The maximum atomic E-state index is 11.7. The summed E-state index contributed by atoms with van der Waals surface area (Å²) in [5.74, 6) is -0.305. The van der Waals surface area contributed by atoms with E-state index in [-0.39, 0.29) is 5.97 Å². The van der Waals surface area contributed by atoms with Crippen LogP contribution in [0.4, 0.5) is 0 Å². The first kappa shape index (κ1) is 16.0. The Hall–Kier alpha value is -1.34. The SMILES string of the molecule is CCC(C(=O)OC)n1cc(B2OC(C)(C)C(C)(C)O2)cn1. The third-order valence-corrected chi connectivity index (χ3v) is 4.33. The molecule has 0 spiro atoms. The fourth-order valence-electron chi connectivity index (χ4n) is 2.22. The zero-order valence-electron chi connectivity index (χ0n) is 13.5. The van der Waals surface area contributed by atoms with Gasteiger partial charge in [0, 0.05) is 17.9 Å². The second-order valence-electron chi connectivity index (χ2n) is 6.29. The molecule has 1 aliphatic heterocycles. The minimum atomic E-state index is -0.473. The van der Waals surface area contributed by atoms with Gasteiger partial charge in [-0.2, -0.15) is 5.10 Å². The zero-order chi connectivity index (χ0) is 15.8. The van der Waals surface area contributed by atoms with E-state index < -0.39 is 24.4 Å². The maximum absolute atomic E-state index is 11.7. The lowest BCUT2D eigenvalue weighted by Gasteiger charge is -2.32. The first-order chi connectivity index (χ1) is 9.71. The number of aromatic nitrogens is 2. The van der Waals surface area contributed by atoms with Crippen molar-refractivity contribution < 1.29 is 18.8 Å². The summed E-state index contributed by atoms with van der Waals surface area (Å²) < 4.78 is 18.3. The lowest BCUT2D eigenvalue weighted by Crippen LogP contribution is -2.41. The van der Waals surface area contributed by atoms with Gasteiger partial charge in [-0.15, -0.1) is 0 Å². The largest absolute Gasteiger partial charge is 0.498 e. The molecule has 0 N–H and O–H groups in total. The molecule has 21 heavy (non-hydrogen) atoms. The van der Waals surface area contributed by atoms with Crippen LogP contribution in [-0.2, 0) is 18.8 Å². The van der Waals surface area contributed by atoms with Gasteiger partial charge in [0.25, 0.3) is 0 Å². The third-order valence-electron chi connectivity index (χ3n) is 4.33. The molecule has 7 heteroatoms. The summed E-state index contributed by atoms with van der Waals surface area (Å²) in [6.07, 6.45) is 4.07. The lowest BCUT2D eigenvalue weighted by molar-refractivity contribution is -0.145. The molecule has 1 aromatic rings. The van der Waals surface area contributed by atoms with E-state index in [1.165, 1.54) is 7.11 Å². The summed E-state index contributed by atoms with van der Waals surface area (Å²) in [6.45, 7) is 9.92. The van der Waals surface area contributed by atoms with Crippen LogP contribution in [0.25, 0.3) is 0 Å². The fraction of sp³-hybridized carbons (Fsp3) is 0.714. The molecule has 2 heterocycles. The Morgan fingerprint density at radius 1 is 1.38 bits per heavy atom. The zero-order valence-corrected chi connectivity index (χ0v) is 13.5. The molecule has 0 aliphatic carbocycles. The molecule has 1 fully saturated rings. The van der Waals surface area contributed by atoms with Gasteiger partial charge in [-0.05, 0) is 34.1 Å². The fourth-order valence-corrected chi connectivity index (χ4v) is 2.22. The normalized spacial score (nSPS) is 21.3. The number of nitrogens with zero attached hydrogens (tertiary/aromatic N) is 2. The van der Waals surface area contributed by atoms with Crippen LogP contribution in [0.15, 0.2) is 12.4 Å². The highest BCUT2D eigenvalue weighted by molar-refractivity contribution is 6.62. The number of esters is 1. The van der Waals surface area contributed by atoms with Crippen molar-refractivity contribution >= 4 is 18.6 Å². The Kier molecular flexibility index (Phi) is 4.17. The smallest absolute Gasteiger partial charge is 0.467 e. The van der Waals surface area contributed by atoms with E-state index >= 15 is 0 Å². The molecule has 1 unspecified atom stereocenters. The minimum Gasteiger partial charge on any atom is -0.467 e. The number of methoxy groups -OCH3 is 1. The molecule has 1 aromatic heterocycles. The number of ether oxygens (including phenoxy) is 1. The quantitative estimate of drug-likeness (QED) is 0.619. The van der Waals surface area contributed by atoms with Crippen molar-refractivity contribution in [2.75, 3.05) is 7.11 Å². The molecule has 2 rings (SSSR count). The second-order valence-corrected chi connectivity index (χ2v) is 6.29. The predicted octanol–water partition coefficient (Wildman–Crippen LogP) is 1.31. The average Bonchev–Trinajstić information content (AvgIpc) is 2.94. The van der Waals surface area contributed by atoms with Gasteiger partial charge < -0.3 is 14.0 Å². The Morgan fingerprint density at radius 2 is 1.95 bits per heavy atom. The van der Waals surface area contributed by atoms with Crippen LogP contribution >= 0.6 is 0 Å². The van der Waals surface area contributed by atoms with E-state index in [9.17, 15) is 4.79 Å². The first-order valence-electron chi connectivity index (χ1n) is 7.19. The molecule has 0 bridgehead atoms. The van der Waals surface area contributed by atoms with Crippen LogP contribution in [0.5, 0.6) is 0 Å². The lowest BCUT2D eigenvalue weighted by atomic mass is 9.82. The van der Waals surface area contributed by atoms with Crippen molar-refractivity contribution in [2.45, 2.75) is 58.3 Å². The van der Waals surface area contributed by atoms with Gasteiger partial charge in [0.1, 0.15) is 6.04 Å². The molecule has 1 saturated heterocycles. The van der Waals surface area contributed by atoms with Gasteiger partial charge >= 0.3 is 13.1 Å². The summed E-state index contributed by atoms with van der Waals surface area (Å²) in [6, 6.07) is -0.425. The summed E-state index contributed by atoms with van der Waals surface area (Å²) in [4.78, 5) is 11.7. The molecule has 1 aliphatic rings. The highest BCUT2D eigenvalue weighted by Crippen LogP contribution is 2.36. The second kappa shape index (κ2) is 5.46. The van der Waals surface area contributed by atoms with E-state index in [0.29, 0.717) is 6.42 Å². The van der Waals surface area contributed by atoms with Crippen LogP contribution in [-0.4, -0.2) is 41.2 Å². The summed E-state index contributed by atoms with van der Waals surface area (Å²) in [5.41, 5.74) is 0.00875. The Labute approximate surface area is 125 Å². The van der Waals surface area contributed by atoms with Crippen LogP contribution in [0, 0.1) is 0 Å². The van der Waals surface area contributed by atoms with Crippen LogP contribution in [0.3, 0.4) is 0 Å². The molecule has 116 valence electrons. The molecule has 0 aromatic carbocycles. The highest BCUT2D eigenvalue weighted by atomic mass is 16.7. The molecule has 0 amide bonds. The molecular weight excluding hydrogens is 271 g/mol. The van der Waals surface area contributed by atoms with Gasteiger partial charge in [0.05, 0.1) is 18.3 Å². The number of rotatable bonds is 4. The Balaban J connectivity index is 2.20. The molecule has 1 atom stereocenters. The van der Waals surface area contributed by atoms with Gasteiger partial charge in [0.2, 0.25) is 0 Å². The minimum absolute atomic E-state index is 0.305. The van der Waals surface area contributed by atoms with E-state index in [1.54, 1.807) is 17.1 Å². The third kappa shape index (κ3) is 2.85. The van der Waals surface area contributed by atoms with Crippen molar-refractivity contribution in [2.24, 2.45) is 0 Å². The highest BCUT2D eigenvalue weighted by Gasteiger charge is 2.52. The van der Waals surface area contributed by atoms with E-state index in [0.717, 1.165) is 5.46 Å². The van der Waals surface area contributed by atoms with Gasteiger partial charge in [-0.1, -0.05) is 6.92 Å². The van der Waals surface area contributed by atoms with E-state index in [1.807, 2.05) is 34.6 Å². The predicted molar refractivity (Wildman–Crippen MR) is 79.3 cm³/mol. The average molecular weight is 294 g/mol. The van der Waals surface area contributed by atoms with Gasteiger partial charge in [-0.25, -0.2) is 4.79 Å². The number of hydrogen-bond acceptors (Lipinski definition) is 5. The van der Waals surface area contributed by atoms with E-state index in [2.05, 4.69) is 5.10 Å². The standard InChI is InChI=1S/C14H23BN2O4/c1-7-11(12(18)19-6)17-9-10(8-16-17)15-20-13(2,3)14(4,5)21-15/h8-9,11H,7H2,1-6H3. The maximum Gasteiger partial charge on any atom is 0.498 e. The summed E-state index contributed by atoms with van der Waals surface area (Å²) in [7, 11) is 0.905. The molecule has 0 radical (unpaired) electrons. The van der Waals surface area contributed by atoms with Crippen molar-refractivity contribution in [3.8, 4) is 0 Å². The number of carbonyl (C=O) groups excluding carboxylic acids is 1. The number of hydrogen-bond donors (Lipinski definition) is 0. The topological polar surface area (TPSA) is 62.6 Å².